The van der Waals surface area contributed by atoms with Gasteiger partial charge in [-0.15, -0.1) is 24.0 Å². The summed E-state index contributed by atoms with van der Waals surface area (Å²) in [5.41, 5.74) is 2.23. The molecule has 3 rings (SSSR count). The fourth-order valence-corrected chi connectivity index (χ4v) is 2.78. The third-order valence-corrected chi connectivity index (χ3v) is 4.03. The highest BCUT2D eigenvalue weighted by molar-refractivity contribution is 14.0. The maximum Gasteiger partial charge on any atom is 0.191 e. The van der Waals surface area contributed by atoms with Gasteiger partial charge in [0.25, 0.3) is 0 Å². The highest BCUT2D eigenvalue weighted by Crippen LogP contribution is 2.11. The van der Waals surface area contributed by atoms with E-state index < -0.39 is 0 Å². The number of aryl methyl sites for hydroxylation is 1. The van der Waals surface area contributed by atoms with Crippen LogP contribution in [-0.2, 0) is 13.1 Å². The molecule has 0 aliphatic heterocycles. The van der Waals surface area contributed by atoms with Crippen molar-refractivity contribution in [1.82, 2.24) is 24.8 Å². The van der Waals surface area contributed by atoms with Gasteiger partial charge in [-0.05, 0) is 37.6 Å². The molecule has 0 bridgehead atoms. The predicted octanol–water partition coefficient (Wildman–Crippen LogP) is 3.10. The molecule has 0 aliphatic carbocycles. The van der Waals surface area contributed by atoms with Gasteiger partial charge in [0.2, 0.25) is 0 Å². The fraction of sp³-hybridized carbons (Fsp3) is 0.368. The predicted molar refractivity (Wildman–Crippen MR) is 118 cm³/mol. The zero-order valence-corrected chi connectivity index (χ0v) is 17.5. The molecular formula is C19H27IN6. The van der Waals surface area contributed by atoms with Crippen LogP contribution < -0.4 is 10.6 Å². The lowest BCUT2D eigenvalue weighted by atomic mass is 10.3. The van der Waals surface area contributed by atoms with Gasteiger partial charge in [-0.25, -0.2) is 4.98 Å². The second-order valence-electron chi connectivity index (χ2n) is 5.89. The van der Waals surface area contributed by atoms with Crippen LogP contribution in [0.5, 0.6) is 0 Å². The number of aliphatic imine (C=N–C) groups is 1. The SMILES string of the molecule is CCNC(=NCCCn1cnc2ccccc21)NCCn1cccc1.I. The molecule has 0 radical (unpaired) electrons. The lowest BCUT2D eigenvalue weighted by Gasteiger charge is -2.12. The van der Waals surface area contributed by atoms with Gasteiger partial charge >= 0.3 is 0 Å². The molecule has 0 fully saturated rings. The summed E-state index contributed by atoms with van der Waals surface area (Å²) in [6.45, 7) is 6.44. The minimum Gasteiger partial charge on any atom is -0.357 e. The molecule has 2 aromatic heterocycles. The van der Waals surface area contributed by atoms with Crippen LogP contribution in [0.2, 0.25) is 0 Å². The number of nitrogens with one attached hydrogen (secondary N) is 2. The van der Waals surface area contributed by atoms with E-state index in [9.17, 15) is 0 Å². The number of imidazole rings is 1. The molecule has 140 valence electrons. The first-order chi connectivity index (χ1) is 12.4. The van der Waals surface area contributed by atoms with Crippen molar-refractivity contribution < 1.29 is 0 Å². The summed E-state index contributed by atoms with van der Waals surface area (Å²) >= 11 is 0. The Balaban J connectivity index is 0.00000243. The van der Waals surface area contributed by atoms with Gasteiger partial charge in [-0.1, -0.05) is 12.1 Å². The minimum absolute atomic E-state index is 0. The molecule has 0 amide bonds. The standard InChI is InChI=1S/C19H26N6.HI/c1-2-20-19(22-11-15-24-12-5-6-13-24)21-10-7-14-25-16-23-17-8-3-4-9-18(17)25;/h3-6,8-9,12-13,16H,2,7,10-11,14-15H2,1H3,(H2,20,21,22);1H. The van der Waals surface area contributed by atoms with Gasteiger partial charge < -0.3 is 19.8 Å². The van der Waals surface area contributed by atoms with E-state index in [1.807, 2.05) is 30.6 Å². The van der Waals surface area contributed by atoms with E-state index in [1.165, 1.54) is 5.52 Å². The highest BCUT2D eigenvalue weighted by Gasteiger charge is 2.01. The number of aromatic nitrogens is 3. The summed E-state index contributed by atoms with van der Waals surface area (Å²) in [4.78, 5) is 9.09. The Bertz CT molecular complexity index is 793. The van der Waals surface area contributed by atoms with Crippen LogP contribution >= 0.6 is 24.0 Å². The lowest BCUT2D eigenvalue weighted by molar-refractivity contribution is 0.650. The summed E-state index contributed by atoms with van der Waals surface area (Å²) in [7, 11) is 0. The number of hydrogen-bond donors (Lipinski definition) is 2. The van der Waals surface area contributed by atoms with Crippen molar-refractivity contribution in [2.75, 3.05) is 19.6 Å². The smallest absolute Gasteiger partial charge is 0.191 e. The second-order valence-corrected chi connectivity index (χ2v) is 5.89. The molecule has 0 saturated carbocycles. The fourth-order valence-electron chi connectivity index (χ4n) is 2.78. The molecule has 3 aromatic rings. The minimum atomic E-state index is 0. The Morgan fingerprint density at radius 3 is 2.69 bits per heavy atom. The highest BCUT2D eigenvalue weighted by atomic mass is 127. The van der Waals surface area contributed by atoms with Crippen molar-refractivity contribution in [3.8, 4) is 0 Å². The van der Waals surface area contributed by atoms with Crippen molar-refractivity contribution in [3.63, 3.8) is 0 Å². The lowest BCUT2D eigenvalue weighted by Crippen LogP contribution is -2.38. The number of hydrogen-bond acceptors (Lipinski definition) is 2. The Kier molecular flexibility index (Phi) is 8.46. The average molecular weight is 466 g/mol. The molecule has 0 saturated heterocycles. The van der Waals surface area contributed by atoms with Gasteiger partial charge in [-0.3, -0.25) is 4.99 Å². The van der Waals surface area contributed by atoms with Gasteiger partial charge in [0.05, 0.1) is 17.4 Å². The number of fused-ring (bicyclic) bond motifs is 1. The van der Waals surface area contributed by atoms with E-state index in [-0.39, 0.29) is 24.0 Å². The monoisotopic (exact) mass is 466 g/mol. The van der Waals surface area contributed by atoms with E-state index in [0.29, 0.717) is 0 Å². The maximum atomic E-state index is 4.66. The number of nitrogens with zero attached hydrogens (tertiary/aromatic N) is 4. The van der Waals surface area contributed by atoms with Crippen LogP contribution in [0, 0.1) is 0 Å². The molecular weight excluding hydrogens is 439 g/mol. The molecule has 1 aromatic carbocycles. The molecule has 0 atom stereocenters. The summed E-state index contributed by atoms with van der Waals surface area (Å²) < 4.78 is 4.35. The van der Waals surface area contributed by atoms with Gasteiger partial charge in [0, 0.05) is 45.1 Å². The summed E-state index contributed by atoms with van der Waals surface area (Å²) in [5, 5.41) is 6.68. The Morgan fingerprint density at radius 1 is 1.08 bits per heavy atom. The summed E-state index contributed by atoms with van der Waals surface area (Å²) in [6.07, 6.45) is 7.03. The van der Waals surface area contributed by atoms with Crippen molar-refractivity contribution in [1.29, 1.82) is 0 Å². The maximum absolute atomic E-state index is 4.66. The van der Waals surface area contributed by atoms with Crippen LogP contribution in [0.1, 0.15) is 13.3 Å². The third-order valence-electron chi connectivity index (χ3n) is 4.03. The Morgan fingerprint density at radius 2 is 1.88 bits per heavy atom. The molecule has 0 spiro atoms. The number of benzene rings is 1. The first-order valence-corrected chi connectivity index (χ1v) is 8.89. The van der Waals surface area contributed by atoms with Crippen LogP contribution in [0.15, 0.2) is 60.1 Å². The number of guanidine groups is 1. The van der Waals surface area contributed by atoms with Crippen LogP contribution in [0.25, 0.3) is 11.0 Å². The zero-order valence-electron chi connectivity index (χ0n) is 15.1. The Hall–Kier alpha value is -2.03. The van der Waals surface area contributed by atoms with Gasteiger partial charge in [-0.2, -0.15) is 0 Å². The average Bonchev–Trinajstić information content (AvgIpc) is 3.28. The molecule has 26 heavy (non-hydrogen) atoms. The normalized spacial score (nSPS) is 11.3. The van der Waals surface area contributed by atoms with Crippen molar-refractivity contribution >= 4 is 41.0 Å². The van der Waals surface area contributed by atoms with E-state index in [1.54, 1.807) is 0 Å². The van der Waals surface area contributed by atoms with Gasteiger partial charge in [0.15, 0.2) is 5.96 Å². The number of rotatable bonds is 8. The Labute approximate surface area is 171 Å². The van der Waals surface area contributed by atoms with Crippen molar-refractivity contribution in [2.24, 2.45) is 4.99 Å². The van der Waals surface area contributed by atoms with Crippen molar-refractivity contribution in [3.05, 3.63) is 55.1 Å². The molecule has 2 N–H and O–H groups in total. The van der Waals surface area contributed by atoms with E-state index >= 15 is 0 Å². The van der Waals surface area contributed by atoms with Crippen molar-refractivity contribution in [2.45, 2.75) is 26.4 Å². The number of para-hydroxylation sites is 2. The summed E-state index contributed by atoms with van der Waals surface area (Å²) in [5.74, 6) is 0.880. The van der Waals surface area contributed by atoms with Crippen LogP contribution in [0.4, 0.5) is 0 Å². The molecule has 0 unspecified atom stereocenters. The molecule has 2 heterocycles. The zero-order chi connectivity index (χ0) is 17.3. The molecule has 7 heteroatoms. The topological polar surface area (TPSA) is 59.2 Å². The largest absolute Gasteiger partial charge is 0.357 e. The van der Waals surface area contributed by atoms with E-state index in [2.05, 4.69) is 61.2 Å². The van der Waals surface area contributed by atoms with Crippen LogP contribution in [0.3, 0.4) is 0 Å². The second kappa shape index (κ2) is 10.8. The third kappa shape index (κ3) is 5.76. The van der Waals surface area contributed by atoms with Crippen LogP contribution in [-0.4, -0.2) is 39.7 Å². The van der Waals surface area contributed by atoms with Gasteiger partial charge in [0.1, 0.15) is 0 Å². The number of halogens is 1. The quantitative estimate of drug-likeness (QED) is 0.232. The van der Waals surface area contributed by atoms with E-state index in [4.69, 9.17) is 0 Å². The van der Waals surface area contributed by atoms with E-state index in [0.717, 1.165) is 50.6 Å². The molecule has 0 aliphatic rings. The first-order valence-electron chi connectivity index (χ1n) is 8.89. The molecule has 6 nitrogen and oxygen atoms in total. The summed E-state index contributed by atoms with van der Waals surface area (Å²) in [6, 6.07) is 12.3. The first kappa shape index (κ1) is 20.3.